The zero-order valence-corrected chi connectivity index (χ0v) is 13.9. The van der Waals surface area contributed by atoms with Gasteiger partial charge in [0.1, 0.15) is 17.4 Å². The summed E-state index contributed by atoms with van der Waals surface area (Å²) in [6.07, 6.45) is 0.534. The third-order valence-corrected chi connectivity index (χ3v) is 5.20. The lowest BCUT2D eigenvalue weighted by Crippen LogP contribution is -2.64. The van der Waals surface area contributed by atoms with Crippen LogP contribution in [0.15, 0.2) is 6.07 Å². The maximum Gasteiger partial charge on any atom is 0.272 e. The molecular formula is C16H25N3O4. The van der Waals surface area contributed by atoms with E-state index in [1.165, 1.54) is 0 Å². The summed E-state index contributed by atoms with van der Waals surface area (Å²) in [5.41, 5.74) is -0.508. The van der Waals surface area contributed by atoms with E-state index in [2.05, 4.69) is 5.10 Å². The van der Waals surface area contributed by atoms with E-state index in [1.54, 1.807) is 29.6 Å². The van der Waals surface area contributed by atoms with Gasteiger partial charge in [0, 0.05) is 26.6 Å². The maximum atomic E-state index is 12.6. The van der Waals surface area contributed by atoms with Crippen molar-refractivity contribution in [1.29, 1.82) is 0 Å². The van der Waals surface area contributed by atoms with Crippen LogP contribution in [0.4, 0.5) is 0 Å². The number of piperidine rings is 1. The fourth-order valence-electron chi connectivity index (χ4n) is 3.72. The lowest BCUT2D eigenvalue weighted by molar-refractivity contribution is -0.244. The van der Waals surface area contributed by atoms with Crippen molar-refractivity contribution >= 4 is 5.91 Å². The van der Waals surface area contributed by atoms with Gasteiger partial charge in [-0.05, 0) is 32.8 Å². The molecule has 0 aromatic carbocycles. The summed E-state index contributed by atoms with van der Waals surface area (Å²) in [5.74, 6) is -0.0555. The number of carbonyl (C=O) groups excluding carboxylic acids is 1. The number of ether oxygens (including phenoxy) is 1. The van der Waals surface area contributed by atoms with Crippen molar-refractivity contribution in [2.45, 2.75) is 50.4 Å². The summed E-state index contributed by atoms with van der Waals surface area (Å²) >= 11 is 0. The predicted octanol–water partition coefficient (Wildman–Crippen LogP) is 0.236. The second-order valence-electron chi connectivity index (χ2n) is 7.01. The van der Waals surface area contributed by atoms with E-state index in [-0.39, 0.29) is 5.91 Å². The highest BCUT2D eigenvalue weighted by atomic mass is 16.5. The monoisotopic (exact) mass is 323 g/mol. The Balaban J connectivity index is 1.71. The molecular weight excluding hydrogens is 298 g/mol. The van der Waals surface area contributed by atoms with Crippen LogP contribution < -0.4 is 0 Å². The van der Waals surface area contributed by atoms with Crippen LogP contribution in [0.5, 0.6) is 0 Å². The third-order valence-electron chi connectivity index (χ3n) is 5.20. The van der Waals surface area contributed by atoms with Crippen LogP contribution in [0, 0.1) is 6.92 Å². The molecule has 3 heterocycles. The summed E-state index contributed by atoms with van der Waals surface area (Å²) in [6.45, 7) is 4.93. The molecule has 2 aliphatic rings. The van der Waals surface area contributed by atoms with Crippen LogP contribution in [0.2, 0.25) is 0 Å². The highest BCUT2D eigenvalue weighted by molar-refractivity contribution is 5.92. The summed E-state index contributed by atoms with van der Waals surface area (Å²) in [5, 5.41) is 25.1. The number of aryl methyl sites for hydroxylation is 2. The van der Waals surface area contributed by atoms with Crippen molar-refractivity contribution in [3.8, 4) is 0 Å². The Kier molecular flexibility index (Phi) is 3.98. The molecule has 23 heavy (non-hydrogen) atoms. The summed E-state index contributed by atoms with van der Waals surface area (Å²) in [4.78, 5) is 14.4. The molecule has 0 saturated carbocycles. The van der Waals surface area contributed by atoms with Crippen LogP contribution >= 0.6 is 0 Å². The number of nitrogens with zero attached hydrogens (tertiary/aromatic N) is 3. The number of rotatable bonds is 1. The second kappa shape index (κ2) is 5.58. The van der Waals surface area contributed by atoms with Gasteiger partial charge in [0.2, 0.25) is 0 Å². The van der Waals surface area contributed by atoms with Gasteiger partial charge < -0.3 is 19.8 Å². The Morgan fingerprint density at radius 3 is 2.61 bits per heavy atom. The van der Waals surface area contributed by atoms with Gasteiger partial charge >= 0.3 is 0 Å². The van der Waals surface area contributed by atoms with Gasteiger partial charge in [-0.3, -0.25) is 9.48 Å². The number of hydrogen-bond donors (Lipinski definition) is 2. The van der Waals surface area contributed by atoms with Crippen LogP contribution in [-0.2, 0) is 11.8 Å². The molecule has 3 rings (SSSR count). The smallest absolute Gasteiger partial charge is 0.272 e. The first-order valence-corrected chi connectivity index (χ1v) is 8.09. The first kappa shape index (κ1) is 16.4. The predicted molar refractivity (Wildman–Crippen MR) is 83.0 cm³/mol. The van der Waals surface area contributed by atoms with Gasteiger partial charge in [-0.15, -0.1) is 0 Å². The van der Waals surface area contributed by atoms with Crippen molar-refractivity contribution < 1.29 is 19.7 Å². The van der Waals surface area contributed by atoms with Crippen LogP contribution in [-0.4, -0.2) is 67.8 Å². The van der Waals surface area contributed by atoms with E-state index in [9.17, 15) is 15.0 Å². The van der Waals surface area contributed by atoms with Gasteiger partial charge in [0.05, 0.1) is 17.9 Å². The molecule has 128 valence electrons. The molecule has 2 aliphatic heterocycles. The quantitative estimate of drug-likeness (QED) is 0.773. The first-order valence-electron chi connectivity index (χ1n) is 8.09. The van der Waals surface area contributed by atoms with Crippen LogP contribution in [0.25, 0.3) is 0 Å². The van der Waals surface area contributed by atoms with Crippen molar-refractivity contribution in [1.82, 2.24) is 14.7 Å². The Morgan fingerprint density at radius 1 is 1.39 bits per heavy atom. The number of hydrogen-bond acceptors (Lipinski definition) is 5. The summed E-state index contributed by atoms with van der Waals surface area (Å²) in [7, 11) is 1.76. The fraction of sp³-hybridized carbons (Fsp3) is 0.750. The van der Waals surface area contributed by atoms with E-state index in [0.29, 0.717) is 44.7 Å². The maximum absolute atomic E-state index is 12.6. The minimum atomic E-state index is -1.14. The van der Waals surface area contributed by atoms with Gasteiger partial charge in [-0.1, -0.05) is 0 Å². The molecule has 1 aromatic heterocycles. The molecule has 7 nitrogen and oxygen atoms in total. The van der Waals surface area contributed by atoms with E-state index in [0.717, 1.165) is 5.69 Å². The van der Waals surface area contributed by atoms with Gasteiger partial charge in [0.15, 0.2) is 0 Å². The molecule has 0 aliphatic carbocycles. The number of aliphatic hydroxyl groups is 2. The molecule has 1 aromatic rings. The minimum absolute atomic E-state index is 0.0555. The zero-order valence-electron chi connectivity index (χ0n) is 13.9. The Hall–Kier alpha value is -1.44. The topological polar surface area (TPSA) is 87.8 Å². The number of likely N-dealkylation sites (tertiary alicyclic amines) is 1. The van der Waals surface area contributed by atoms with Gasteiger partial charge in [-0.25, -0.2) is 0 Å². The Labute approximate surface area is 135 Å². The van der Waals surface area contributed by atoms with E-state index >= 15 is 0 Å². The van der Waals surface area contributed by atoms with E-state index in [1.807, 2.05) is 6.92 Å². The normalized spacial score (nSPS) is 30.7. The average molecular weight is 323 g/mol. The Bertz CT molecular complexity index is 602. The summed E-state index contributed by atoms with van der Waals surface area (Å²) in [6, 6.07) is 1.78. The fourth-order valence-corrected chi connectivity index (χ4v) is 3.72. The minimum Gasteiger partial charge on any atom is -0.387 e. The molecule has 2 N–H and O–H groups in total. The van der Waals surface area contributed by atoms with Crippen molar-refractivity contribution in [3.63, 3.8) is 0 Å². The average Bonchev–Trinajstić information content (AvgIpc) is 2.83. The molecule has 1 spiro atoms. The van der Waals surface area contributed by atoms with Crippen LogP contribution in [0.3, 0.4) is 0 Å². The lowest BCUT2D eigenvalue weighted by atomic mass is 9.75. The molecule has 1 amide bonds. The highest BCUT2D eigenvalue weighted by Gasteiger charge is 2.53. The first-order chi connectivity index (χ1) is 10.8. The molecule has 2 fully saturated rings. The molecule has 0 unspecified atom stereocenters. The molecule has 7 heteroatoms. The standard InChI is InChI=1S/C16H25N3O4/c1-11-10-12(18(3)17-11)13(20)19-7-4-16(5-8-19)14(21)15(2,22)6-9-23-16/h10,14,21-22H,4-9H2,1-3H3/t14-,15+/m0/s1. The van der Waals surface area contributed by atoms with Gasteiger partial charge in [-0.2, -0.15) is 5.10 Å². The van der Waals surface area contributed by atoms with E-state index in [4.69, 9.17) is 4.74 Å². The Morgan fingerprint density at radius 2 is 2.04 bits per heavy atom. The SMILES string of the molecule is Cc1cc(C(=O)N2CCC3(CC2)OCC[C@@](C)(O)[C@@H]3O)n(C)n1. The van der Waals surface area contributed by atoms with Crippen LogP contribution in [0.1, 0.15) is 42.4 Å². The molecule has 2 atom stereocenters. The zero-order chi connectivity index (χ0) is 16.8. The number of aromatic nitrogens is 2. The molecule has 0 radical (unpaired) electrons. The van der Waals surface area contributed by atoms with Crippen molar-refractivity contribution in [2.24, 2.45) is 7.05 Å². The number of aliphatic hydroxyl groups excluding tert-OH is 1. The lowest BCUT2D eigenvalue weighted by Gasteiger charge is -2.51. The van der Waals surface area contributed by atoms with E-state index < -0.39 is 17.3 Å². The van der Waals surface area contributed by atoms with Crippen molar-refractivity contribution in [3.05, 3.63) is 17.5 Å². The second-order valence-corrected chi connectivity index (χ2v) is 7.01. The third kappa shape index (κ3) is 2.77. The molecule has 2 saturated heterocycles. The highest BCUT2D eigenvalue weighted by Crippen LogP contribution is 2.39. The number of amides is 1. The molecule has 0 bridgehead atoms. The summed E-state index contributed by atoms with van der Waals surface area (Å²) < 4.78 is 7.45. The number of carbonyl (C=O) groups is 1. The van der Waals surface area contributed by atoms with Gasteiger partial charge in [0.25, 0.3) is 5.91 Å². The largest absolute Gasteiger partial charge is 0.387 e. The van der Waals surface area contributed by atoms with Crippen molar-refractivity contribution in [2.75, 3.05) is 19.7 Å².